The number of carbonyl (C=O) groups excluding carboxylic acids is 2. The Morgan fingerprint density at radius 3 is 1.45 bits per heavy atom. The molecule has 0 spiro atoms. The minimum atomic E-state index is -4.26. The first-order valence-corrected chi connectivity index (χ1v) is 21.5. The highest BCUT2D eigenvalue weighted by Crippen LogP contribution is 2.42. The van der Waals surface area contributed by atoms with E-state index in [1.807, 2.05) is 0 Å². The Hall–Kier alpha value is -1.47. The zero-order valence-electron chi connectivity index (χ0n) is 31.9. The molecular weight excluding hydrogens is 639 g/mol. The van der Waals surface area contributed by atoms with Crippen LogP contribution in [0.3, 0.4) is 0 Å². The highest BCUT2D eigenvalue weighted by atomic mass is 31.2. The van der Waals surface area contributed by atoms with Crippen molar-refractivity contribution in [2.75, 3.05) is 20.3 Å². The summed E-state index contributed by atoms with van der Waals surface area (Å²) >= 11 is 0. The van der Waals surface area contributed by atoms with Crippen molar-refractivity contribution in [2.45, 2.75) is 200 Å². The number of phosphoric ester groups is 1. The van der Waals surface area contributed by atoms with E-state index in [0.717, 1.165) is 64.9 Å². The van der Waals surface area contributed by atoms with E-state index in [1.165, 1.54) is 103 Å². The van der Waals surface area contributed by atoms with Gasteiger partial charge in [0.05, 0.1) is 6.61 Å². The molecule has 0 aromatic rings. The molecule has 0 aliphatic rings. The predicted octanol–water partition coefficient (Wildman–Crippen LogP) is 12.3. The summed E-state index contributed by atoms with van der Waals surface area (Å²) in [6, 6.07) is 0. The number of esters is 2. The number of hydrogen-bond donors (Lipinski definition) is 1. The quantitative estimate of drug-likeness (QED) is 0.0293. The average molecular weight is 715 g/mol. The number of rotatable bonds is 37. The maximum absolute atomic E-state index is 12.5. The Bertz CT molecular complexity index is 859. The minimum absolute atomic E-state index is 0.227. The molecule has 2 unspecified atom stereocenters. The summed E-state index contributed by atoms with van der Waals surface area (Å²) in [5, 5.41) is 0. The molecule has 0 bridgehead atoms. The molecule has 0 fully saturated rings. The van der Waals surface area contributed by atoms with Gasteiger partial charge in [0.1, 0.15) is 6.61 Å². The standard InChI is InChI=1S/C40H75O8P/c1-4-6-8-10-12-14-16-18-20-21-23-25-27-29-31-33-35-40(42)48-38(37-47-49(43,44)45-3)36-46-39(41)34-32-30-28-26-24-22-19-17-15-13-11-9-7-5-2/h14,16,20-21,38H,4-13,15,17-19,22-37H2,1-3H3,(H,43,44)/b16-14-,21-20-. The molecular formula is C40H75O8P. The molecule has 1 N–H and O–H groups in total. The van der Waals surface area contributed by atoms with Crippen LogP contribution in [0.1, 0.15) is 194 Å². The van der Waals surface area contributed by atoms with Gasteiger partial charge < -0.3 is 14.4 Å². The van der Waals surface area contributed by atoms with E-state index in [9.17, 15) is 19.0 Å². The molecule has 288 valence electrons. The van der Waals surface area contributed by atoms with Crippen molar-refractivity contribution in [1.82, 2.24) is 0 Å². The van der Waals surface area contributed by atoms with Gasteiger partial charge in [0.2, 0.25) is 0 Å². The van der Waals surface area contributed by atoms with E-state index in [4.69, 9.17) is 14.0 Å². The number of hydrogen-bond acceptors (Lipinski definition) is 7. The lowest BCUT2D eigenvalue weighted by molar-refractivity contribution is -0.161. The lowest BCUT2D eigenvalue weighted by Gasteiger charge is -2.19. The smallest absolute Gasteiger partial charge is 0.462 e. The van der Waals surface area contributed by atoms with Crippen molar-refractivity contribution in [3.05, 3.63) is 24.3 Å². The molecule has 0 saturated heterocycles. The van der Waals surface area contributed by atoms with E-state index in [2.05, 4.69) is 42.7 Å². The van der Waals surface area contributed by atoms with E-state index in [-0.39, 0.29) is 19.0 Å². The summed E-state index contributed by atoms with van der Waals surface area (Å²) in [5.41, 5.74) is 0. The normalized spacial score (nSPS) is 13.6. The van der Waals surface area contributed by atoms with Crippen molar-refractivity contribution < 1.29 is 37.6 Å². The van der Waals surface area contributed by atoms with Crippen LogP contribution in [-0.4, -0.2) is 43.3 Å². The highest BCUT2D eigenvalue weighted by Gasteiger charge is 2.24. The number of ether oxygens (including phenoxy) is 2. The molecule has 9 heteroatoms. The first-order valence-electron chi connectivity index (χ1n) is 20.0. The maximum Gasteiger partial charge on any atom is 0.472 e. The Kier molecular flexibility index (Phi) is 35.2. The molecule has 0 aliphatic carbocycles. The topological polar surface area (TPSA) is 108 Å². The van der Waals surface area contributed by atoms with E-state index < -0.39 is 26.5 Å². The van der Waals surface area contributed by atoms with Gasteiger partial charge in [-0.1, -0.05) is 160 Å². The summed E-state index contributed by atoms with van der Waals surface area (Å²) in [4.78, 5) is 34.4. The average Bonchev–Trinajstić information content (AvgIpc) is 3.09. The number of allylic oxidation sites excluding steroid dienone is 4. The molecule has 0 heterocycles. The van der Waals surface area contributed by atoms with Gasteiger partial charge in [-0.05, 0) is 44.9 Å². The van der Waals surface area contributed by atoms with Gasteiger partial charge in [0.15, 0.2) is 6.10 Å². The Balaban J connectivity index is 4.05. The fourth-order valence-electron chi connectivity index (χ4n) is 5.57. The first kappa shape index (κ1) is 47.5. The van der Waals surface area contributed by atoms with Gasteiger partial charge in [0.25, 0.3) is 0 Å². The summed E-state index contributed by atoms with van der Waals surface area (Å²) < 4.78 is 31.9. The Morgan fingerprint density at radius 1 is 0.571 bits per heavy atom. The number of phosphoric acid groups is 1. The second-order valence-electron chi connectivity index (χ2n) is 13.4. The predicted molar refractivity (Wildman–Crippen MR) is 203 cm³/mol. The summed E-state index contributed by atoms with van der Waals surface area (Å²) in [6.07, 6.45) is 39.4. The summed E-state index contributed by atoms with van der Waals surface area (Å²) in [7, 11) is -3.20. The zero-order valence-corrected chi connectivity index (χ0v) is 32.7. The SMILES string of the molecule is CCCCCC/C=C\C/C=C\CCCCCCCC(=O)OC(COC(=O)CCCCCCCCCCCCCCCC)COP(=O)(O)OC. The lowest BCUT2D eigenvalue weighted by Crippen LogP contribution is -2.29. The Labute approximate surface area is 301 Å². The fourth-order valence-corrected chi connectivity index (χ4v) is 6.03. The molecule has 2 atom stereocenters. The van der Waals surface area contributed by atoms with Crippen molar-refractivity contribution in [1.29, 1.82) is 0 Å². The van der Waals surface area contributed by atoms with E-state index in [0.29, 0.717) is 12.8 Å². The maximum atomic E-state index is 12.5. The van der Waals surface area contributed by atoms with Gasteiger partial charge in [-0.25, -0.2) is 4.57 Å². The van der Waals surface area contributed by atoms with Crippen LogP contribution in [0.15, 0.2) is 24.3 Å². The molecule has 0 aromatic heterocycles. The van der Waals surface area contributed by atoms with Gasteiger partial charge in [-0.3, -0.25) is 18.6 Å². The van der Waals surface area contributed by atoms with Crippen LogP contribution in [-0.2, 0) is 32.7 Å². The second kappa shape index (κ2) is 36.3. The molecule has 49 heavy (non-hydrogen) atoms. The van der Waals surface area contributed by atoms with Gasteiger partial charge in [0, 0.05) is 20.0 Å². The molecule has 0 amide bonds. The summed E-state index contributed by atoms with van der Waals surface area (Å²) in [6.45, 7) is 3.86. The van der Waals surface area contributed by atoms with Crippen LogP contribution in [0.4, 0.5) is 0 Å². The van der Waals surface area contributed by atoms with Crippen LogP contribution in [0.5, 0.6) is 0 Å². The van der Waals surface area contributed by atoms with Crippen LogP contribution in [0.2, 0.25) is 0 Å². The second-order valence-corrected chi connectivity index (χ2v) is 15.0. The highest BCUT2D eigenvalue weighted by molar-refractivity contribution is 7.47. The molecule has 8 nitrogen and oxygen atoms in total. The monoisotopic (exact) mass is 715 g/mol. The van der Waals surface area contributed by atoms with Crippen LogP contribution < -0.4 is 0 Å². The van der Waals surface area contributed by atoms with E-state index >= 15 is 0 Å². The van der Waals surface area contributed by atoms with Gasteiger partial charge >= 0.3 is 19.8 Å². The van der Waals surface area contributed by atoms with Crippen molar-refractivity contribution in [3.8, 4) is 0 Å². The third-order valence-corrected chi connectivity index (χ3v) is 9.64. The van der Waals surface area contributed by atoms with Crippen molar-refractivity contribution in [2.24, 2.45) is 0 Å². The fraction of sp³-hybridized carbons (Fsp3) is 0.850. The molecule has 0 saturated carbocycles. The van der Waals surface area contributed by atoms with Crippen LogP contribution in [0, 0.1) is 0 Å². The third kappa shape index (κ3) is 36.1. The van der Waals surface area contributed by atoms with Gasteiger partial charge in [-0.2, -0.15) is 0 Å². The summed E-state index contributed by atoms with van der Waals surface area (Å²) in [5.74, 6) is -0.814. The Morgan fingerprint density at radius 2 is 0.980 bits per heavy atom. The van der Waals surface area contributed by atoms with Gasteiger partial charge in [-0.15, -0.1) is 0 Å². The molecule has 0 rings (SSSR count). The van der Waals surface area contributed by atoms with Crippen molar-refractivity contribution in [3.63, 3.8) is 0 Å². The zero-order chi connectivity index (χ0) is 36.1. The molecule has 0 aromatic carbocycles. The lowest BCUT2D eigenvalue weighted by atomic mass is 10.0. The third-order valence-electron chi connectivity index (χ3n) is 8.70. The van der Waals surface area contributed by atoms with E-state index in [1.54, 1.807) is 0 Å². The number of unbranched alkanes of at least 4 members (excludes halogenated alkanes) is 22. The molecule has 0 radical (unpaired) electrons. The minimum Gasteiger partial charge on any atom is -0.462 e. The van der Waals surface area contributed by atoms with Crippen LogP contribution >= 0.6 is 7.82 Å². The van der Waals surface area contributed by atoms with Crippen LogP contribution in [0.25, 0.3) is 0 Å². The van der Waals surface area contributed by atoms with Crippen molar-refractivity contribution >= 4 is 19.8 Å². The first-order chi connectivity index (χ1) is 23.8. The number of carbonyl (C=O) groups is 2. The molecule has 0 aliphatic heterocycles. The largest absolute Gasteiger partial charge is 0.472 e.